The van der Waals surface area contributed by atoms with Crippen molar-refractivity contribution in [1.29, 1.82) is 0 Å². The average Bonchev–Trinajstić information content (AvgIpc) is 2.52. The lowest BCUT2D eigenvalue weighted by Gasteiger charge is -2.05. The highest BCUT2D eigenvalue weighted by atomic mass is 79.9. The predicted molar refractivity (Wildman–Crippen MR) is 105 cm³/mol. The van der Waals surface area contributed by atoms with Gasteiger partial charge < -0.3 is 5.32 Å². The molecule has 23 heavy (non-hydrogen) atoms. The third kappa shape index (κ3) is 5.75. The van der Waals surface area contributed by atoms with E-state index in [1.807, 2.05) is 43.3 Å². The lowest BCUT2D eigenvalue weighted by Crippen LogP contribution is -2.25. The van der Waals surface area contributed by atoms with E-state index < -0.39 is 0 Å². The van der Waals surface area contributed by atoms with Crippen molar-refractivity contribution in [3.8, 4) is 0 Å². The van der Waals surface area contributed by atoms with Crippen LogP contribution in [0.15, 0.2) is 54.9 Å². The van der Waals surface area contributed by atoms with E-state index in [1.165, 1.54) is 0 Å². The van der Waals surface area contributed by atoms with Crippen LogP contribution in [0.4, 0.5) is 5.69 Å². The molecule has 0 aliphatic rings. The van der Waals surface area contributed by atoms with Crippen molar-refractivity contribution in [2.24, 2.45) is 5.10 Å². The maximum absolute atomic E-state index is 11.7. The number of carbonyl (C=O) groups is 1. The Bertz CT molecular complexity index is 707. The molecule has 2 rings (SSSR count). The van der Waals surface area contributed by atoms with Crippen molar-refractivity contribution in [2.45, 2.75) is 6.92 Å². The first kappa shape index (κ1) is 18.2. The van der Waals surface area contributed by atoms with Crippen LogP contribution in [0.3, 0.4) is 0 Å². The van der Waals surface area contributed by atoms with Gasteiger partial charge in [-0.1, -0.05) is 47.8 Å². The monoisotopic (exact) mass is 501 g/mol. The van der Waals surface area contributed by atoms with Gasteiger partial charge in [0.1, 0.15) is 0 Å². The Morgan fingerprint density at radius 3 is 2.35 bits per heavy atom. The fourth-order valence-corrected chi connectivity index (χ4v) is 3.19. The molecular weight excluding hydrogens is 490 g/mol. The van der Waals surface area contributed by atoms with E-state index in [-0.39, 0.29) is 12.5 Å². The Kier molecular flexibility index (Phi) is 6.80. The lowest BCUT2D eigenvalue weighted by molar-refractivity contribution is -0.119. The average molecular weight is 504 g/mol. The second-order valence-electron chi connectivity index (χ2n) is 4.76. The SMILES string of the molecule is Cc1c(Br)cc(/C=N\NC(=O)CNc2ccc(Br)cc2)cc1Br. The van der Waals surface area contributed by atoms with Crippen LogP contribution in [0.2, 0.25) is 0 Å². The molecule has 1 amide bonds. The molecule has 120 valence electrons. The van der Waals surface area contributed by atoms with Gasteiger partial charge in [-0.3, -0.25) is 4.79 Å². The van der Waals surface area contributed by atoms with Gasteiger partial charge >= 0.3 is 0 Å². The molecule has 0 unspecified atom stereocenters. The molecule has 0 saturated carbocycles. The normalized spacial score (nSPS) is 10.8. The predicted octanol–water partition coefficient (Wildman–Crippen LogP) is 4.84. The van der Waals surface area contributed by atoms with Gasteiger partial charge in [0.15, 0.2) is 0 Å². The van der Waals surface area contributed by atoms with Gasteiger partial charge in [-0.15, -0.1) is 0 Å². The van der Waals surface area contributed by atoms with E-state index in [9.17, 15) is 4.79 Å². The Hall–Kier alpha value is -1.18. The summed E-state index contributed by atoms with van der Waals surface area (Å²) in [5.74, 6) is -0.214. The van der Waals surface area contributed by atoms with Crippen LogP contribution in [-0.2, 0) is 4.79 Å². The third-order valence-corrected chi connectivity index (χ3v) is 5.18. The number of hydrogen-bond acceptors (Lipinski definition) is 3. The van der Waals surface area contributed by atoms with E-state index in [1.54, 1.807) is 6.21 Å². The summed E-state index contributed by atoms with van der Waals surface area (Å²) in [6.07, 6.45) is 1.60. The summed E-state index contributed by atoms with van der Waals surface area (Å²) in [6.45, 7) is 2.16. The number of hydrazone groups is 1. The lowest BCUT2D eigenvalue weighted by atomic mass is 10.2. The molecule has 0 saturated heterocycles. The van der Waals surface area contributed by atoms with E-state index in [0.29, 0.717) is 0 Å². The van der Waals surface area contributed by atoms with Crippen LogP contribution < -0.4 is 10.7 Å². The first-order valence-electron chi connectivity index (χ1n) is 6.72. The number of benzene rings is 2. The Morgan fingerprint density at radius 2 is 1.74 bits per heavy atom. The van der Waals surface area contributed by atoms with Crippen molar-refractivity contribution in [3.05, 3.63) is 60.9 Å². The van der Waals surface area contributed by atoms with Gasteiger partial charge in [0.25, 0.3) is 5.91 Å². The van der Waals surface area contributed by atoms with Gasteiger partial charge in [0.2, 0.25) is 0 Å². The standard InChI is InChI=1S/C16H14Br3N3O/c1-10-14(18)6-11(7-15(10)19)8-21-22-16(23)9-20-13-4-2-12(17)3-5-13/h2-8,20H,9H2,1H3,(H,22,23)/b21-8-. The van der Waals surface area contributed by atoms with Crippen molar-refractivity contribution in [3.63, 3.8) is 0 Å². The summed E-state index contributed by atoms with van der Waals surface area (Å²) in [5.41, 5.74) is 5.37. The molecule has 0 heterocycles. The summed E-state index contributed by atoms with van der Waals surface area (Å²) in [4.78, 5) is 11.7. The number of amides is 1. The molecule has 0 aromatic heterocycles. The molecule has 7 heteroatoms. The summed E-state index contributed by atoms with van der Waals surface area (Å²) in [6, 6.07) is 11.5. The minimum atomic E-state index is -0.214. The molecule has 0 bridgehead atoms. The van der Waals surface area contributed by atoms with Crippen molar-refractivity contribution in [1.82, 2.24) is 5.43 Å². The molecule has 2 N–H and O–H groups in total. The highest BCUT2D eigenvalue weighted by Gasteiger charge is 2.02. The maximum Gasteiger partial charge on any atom is 0.259 e. The molecule has 0 radical (unpaired) electrons. The second kappa shape index (κ2) is 8.61. The van der Waals surface area contributed by atoms with Crippen molar-refractivity contribution >= 4 is 65.6 Å². The zero-order valence-corrected chi connectivity index (χ0v) is 17.0. The van der Waals surface area contributed by atoms with Gasteiger partial charge in [0.05, 0.1) is 12.8 Å². The van der Waals surface area contributed by atoms with Crippen molar-refractivity contribution in [2.75, 3.05) is 11.9 Å². The molecule has 0 atom stereocenters. The number of nitrogens with one attached hydrogen (secondary N) is 2. The van der Waals surface area contributed by atoms with Crippen LogP contribution in [0, 0.1) is 6.92 Å². The smallest absolute Gasteiger partial charge is 0.259 e. The van der Waals surface area contributed by atoms with Crippen LogP contribution in [0.25, 0.3) is 0 Å². The second-order valence-corrected chi connectivity index (χ2v) is 7.39. The molecule has 0 fully saturated rings. The largest absolute Gasteiger partial charge is 0.376 e. The molecule has 2 aromatic carbocycles. The molecule has 4 nitrogen and oxygen atoms in total. The molecule has 0 spiro atoms. The maximum atomic E-state index is 11.7. The van der Waals surface area contributed by atoms with E-state index in [4.69, 9.17) is 0 Å². The van der Waals surface area contributed by atoms with Gasteiger partial charge in [-0.05, 0) is 54.4 Å². The Labute approximate surface area is 160 Å². The van der Waals surface area contributed by atoms with Crippen molar-refractivity contribution < 1.29 is 4.79 Å². The number of anilines is 1. The minimum absolute atomic E-state index is 0.153. The molecule has 0 aliphatic heterocycles. The number of nitrogens with zero attached hydrogens (tertiary/aromatic N) is 1. The zero-order chi connectivity index (χ0) is 16.8. The highest BCUT2D eigenvalue weighted by molar-refractivity contribution is 9.11. The van der Waals surface area contributed by atoms with E-state index in [2.05, 4.69) is 63.6 Å². The fraction of sp³-hybridized carbons (Fsp3) is 0.125. The number of carbonyl (C=O) groups excluding carboxylic acids is 1. The fourth-order valence-electron chi connectivity index (χ4n) is 1.71. The first-order valence-corrected chi connectivity index (χ1v) is 9.10. The van der Waals surface area contributed by atoms with Crippen LogP contribution >= 0.6 is 47.8 Å². The Morgan fingerprint density at radius 1 is 1.13 bits per heavy atom. The summed E-state index contributed by atoms with van der Waals surface area (Å²) in [5, 5.41) is 6.99. The van der Waals surface area contributed by atoms with Crippen LogP contribution in [0.5, 0.6) is 0 Å². The molecule has 0 aliphatic carbocycles. The minimum Gasteiger partial charge on any atom is -0.376 e. The van der Waals surface area contributed by atoms with E-state index in [0.717, 1.165) is 30.2 Å². The third-order valence-electron chi connectivity index (χ3n) is 3.00. The van der Waals surface area contributed by atoms with E-state index >= 15 is 0 Å². The molecular formula is C16H14Br3N3O. The number of halogens is 3. The number of hydrogen-bond donors (Lipinski definition) is 2. The summed E-state index contributed by atoms with van der Waals surface area (Å²) < 4.78 is 2.96. The zero-order valence-electron chi connectivity index (χ0n) is 12.2. The van der Waals surface area contributed by atoms with Gasteiger partial charge in [-0.2, -0.15) is 5.10 Å². The number of rotatable bonds is 5. The quantitative estimate of drug-likeness (QED) is 0.453. The van der Waals surface area contributed by atoms with Crippen LogP contribution in [-0.4, -0.2) is 18.7 Å². The summed E-state index contributed by atoms with van der Waals surface area (Å²) in [7, 11) is 0. The molecule has 2 aromatic rings. The van der Waals surface area contributed by atoms with Gasteiger partial charge in [0, 0.05) is 19.1 Å². The first-order chi connectivity index (χ1) is 11.0. The van der Waals surface area contributed by atoms with Crippen LogP contribution in [0.1, 0.15) is 11.1 Å². The highest BCUT2D eigenvalue weighted by Crippen LogP contribution is 2.25. The summed E-state index contributed by atoms with van der Waals surface area (Å²) >= 11 is 10.3. The topological polar surface area (TPSA) is 53.5 Å². The van der Waals surface area contributed by atoms with Gasteiger partial charge in [-0.25, -0.2) is 5.43 Å². The Balaban J connectivity index is 1.85.